The van der Waals surface area contributed by atoms with Crippen molar-refractivity contribution in [3.8, 4) is 5.75 Å². The molecule has 0 radical (unpaired) electrons. The Hall–Kier alpha value is -2.12. The van der Waals surface area contributed by atoms with Crippen LogP contribution >= 0.6 is 0 Å². The number of hydrogen-bond donors (Lipinski definition) is 3. The van der Waals surface area contributed by atoms with Crippen LogP contribution in [-0.2, 0) is 9.59 Å². The van der Waals surface area contributed by atoms with Crippen LogP contribution in [0.5, 0.6) is 5.75 Å². The van der Waals surface area contributed by atoms with Gasteiger partial charge in [-0.2, -0.15) is 0 Å². The number of benzene rings is 1. The molecule has 96 valence electrons. The first-order valence-corrected chi connectivity index (χ1v) is 5.32. The van der Waals surface area contributed by atoms with Crippen molar-refractivity contribution in [3.05, 3.63) is 18.2 Å². The third kappa shape index (κ3) is 2.01. The zero-order valence-corrected chi connectivity index (χ0v) is 9.50. The Morgan fingerprint density at radius 2 is 2.28 bits per heavy atom. The predicted octanol–water partition coefficient (Wildman–Crippen LogP) is -1.16. The number of rotatable bonds is 2. The second-order valence-corrected chi connectivity index (χ2v) is 3.83. The lowest BCUT2D eigenvalue weighted by molar-refractivity contribution is -0.132. The Morgan fingerprint density at radius 1 is 1.56 bits per heavy atom. The van der Waals surface area contributed by atoms with Gasteiger partial charge < -0.3 is 21.3 Å². The maximum Gasteiger partial charge on any atom is 0.271 e. The fourth-order valence-electron chi connectivity index (χ4n) is 1.66. The molecular formula is C11H13N3O4. The summed E-state index contributed by atoms with van der Waals surface area (Å²) < 4.78 is 5.17. The van der Waals surface area contributed by atoms with Gasteiger partial charge in [0.1, 0.15) is 11.9 Å². The van der Waals surface area contributed by atoms with Crippen molar-refractivity contribution < 1.29 is 19.4 Å². The Morgan fingerprint density at radius 3 is 2.94 bits per heavy atom. The van der Waals surface area contributed by atoms with Gasteiger partial charge in [0.15, 0.2) is 6.61 Å². The second-order valence-electron chi connectivity index (χ2n) is 3.83. The number of amides is 2. The van der Waals surface area contributed by atoms with Crippen molar-refractivity contribution >= 4 is 23.2 Å². The van der Waals surface area contributed by atoms with Crippen LogP contribution < -0.4 is 21.1 Å². The van der Waals surface area contributed by atoms with E-state index in [1.165, 1.54) is 6.07 Å². The van der Waals surface area contributed by atoms with Crippen LogP contribution in [0.1, 0.15) is 0 Å². The van der Waals surface area contributed by atoms with E-state index < -0.39 is 17.9 Å². The van der Waals surface area contributed by atoms with Crippen LogP contribution in [0, 0.1) is 0 Å². The minimum atomic E-state index is -1.43. The summed E-state index contributed by atoms with van der Waals surface area (Å²) in [7, 11) is 0. The Bertz CT molecular complexity index is 503. The molecular weight excluding hydrogens is 238 g/mol. The summed E-state index contributed by atoms with van der Waals surface area (Å²) in [6.07, 6.45) is -1.43. The monoisotopic (exact) mass is 251 g/mol. The Labute approximate surface area is 103 Å². The van der Waals surface area contributed by atoms with Gasteiger partial charge in [-0.3, -0.25) is 9.59 Å². The number of ether oxygens (including phenoxy) is 1. The molecule has 1 atom stereocenters. The molecule has 7 nitrogen and oxygen atoms in total. The van der Waals surface area contributed by atoms with Crippen LogP contribution in [0.2, 0.25) is 0 Å². The lowest BCUT2D eigenvalue weighted by atomic mass is 10.2. The van der Waals surface area contributed by atoms with Gasteiger partial charge in [0, 0.05) is 12.2 Å². The molecule has 1 aliphatic rings. The van der Waals surface area contributed by atoms with E-state index in [0.717, 1.165) is 4.90 Å². The van der Waals surface area contributed by atoms with Crippen molar-refractivity contribution in [1.82, 2.24) is 0 Å². The molecule has 0 fully saturated rings. The van der Waals surface area contributed by atoms with E-state index in [0.29, 0.717) is 11.4 Å². The summed E-state index contributed by atoms with van der Waals surface area (Å²) in [4.78, 5) is 24.5. The molecule has 1 heterocycles. The highest BCUT2D eigenvalue weighted by molar-refractivity contribution is 6.18. The average Bonchev–Trinajstić information content (AvgIpc) is 2.36. The molecule has 0 aliphatic carbocycles. The molecule has 2 rings (SSSR count). The van der Waals surface area contributed by atoms with Crippen molar-refractivity contribution in [2.45, 2.75) is 6.10 Å². The first-order valence-electron chi connectivity index (χ1n) is 5.32. The van der Waals surface area contributed by atoms with Crippen molar-refractivity contribution in [1.29, 1.82) is 0 Å². The summed E-state index contributed by atoms with van der Waals surface area (Å²) in [5, 5.41) is 9.45. The van der Waals surface area contributed by atoms with Crippen LogP contribution in [0.3, 0.4) is 0 Å². The number of carbonyl (C=O) groups is 2. The average molecular weight is 251 g/mol. The summed E-state index contributed by atoms with van der Waals surface area (Å²) in [6.45, 7) is -0.527. The van der Waals surface area contributed by atoms with E-state index >= 15 is 0 Å². The third-order valence-corrected chi connectivity index (χ3v) is 2.55. The molecule has 0 spiro atoms. The van der Waals surface area contributed by atoms with Crippen molar-refractivity contribution in [3.63, 3.8) is 0 Å². The zero-order chi connectivity index (χ0) is 13.3. The van der Waals surface area contributed by atoms with Gasteiger partial charge in [-0.1, -0.05) is 0 Å². The number of imide groups is 1. The van der Waals surface area contributed by atoms with Gasteiger partial charge in [0.25, 0.3) is 11.8 Å². The standard InChI is InChI=1S/C11H13N3O4/c12-4-8(15)11(17)14-7-3-6(13)1-2-9(7)18-5-10(14)16/h1-3,8,15H,4-5,12-13H2. The van der Waals surface area contributed by atoms with E-state index in [-0.39, 0.29) is 18.8 Å². The lowest BCUT2D eigenvalue weighted by Gasteiger charge is -2.29. The highest BCUT2D eigenvalue weighted by Crippen LogP contribution is 2.34. The molecule has 1 unspecified atom stereocenters. The lowest BCUT2D eigenvalue weighted by Crippen LogP contribution is -2.49. The number of nitrogens with zero attached hydrogens (tertiary/aromatic N) is 1. The first-order chi connectivity index (χ1) is 8.54. The summed E-state index contributed by atoms with van der Waals surface area (Å²) in [6, 6.07) is 4.59. The van der Waals surface area contributed by atoms with E-state index in [1.54, 1.807) is 12.1 Å². The molecule has 0 bridgehead atoms. The summed E-state index contributed by atoms with van der Waals surface area (Å²) >= 11 is 0. The fourth-order valence-corrected chi connectivity index (χ4v) is 1.66. The Balaban J connectivity index is 2.44. The summed E-state index contributed by atoms with van der Waals surface area (Å²) in [5.74, 6) is -0.982. The van der Waals surface area contributed by atoms with Crippen LogP contribution in [0.15, 0.2) is 18.2 Å². The van der Waals surface area contributed by atoms with Gasteiger partial charge >= 0.3 is 0 Å². The maximum atomic E-state index is 11.9. The zero-order valence-electron chi connectivity index (χ0n) is 9.50. The van der Waals surface area contributed by atoms with Gasteiger partial charge in [0.2, 0.25) is 0 Å². The Kier molecular flexibility index (Phi) is 3.17. The van der Waals surface area contributed by atoms with Gasteiger partial charge in [-0.25, -0.2) is 4.90 Å². The van der Waals surface area contributed by atoms with Crippen LogP contribution in [0.4, 0.5) is 11.4 Å². The molecule has 1 aliphatic heterocycles. The highest BCUT2D eigenvalue weighted by atomic mass is 16.5. The number of nitrogen functional groups attached to an aromatic ring is 1. The number of aliphatic hydroxyl groups is 1. The number of aliphatic hydroxyl groups excluding tert-OH is 1. The topological polar surface area (TPSA) is 119 Å². The van der Waals surface area contributed by atoms with Gasteiger partial charge in [0.05, 0.1) is 5.69 Å². The third-order valence-electron chi connectivity index (χ3n) is 2.55. The number of anilines is 2. The molecule has 5 N–H and O–H groups in total. The molecule has 7 heteroatoms. The largest absolute Gasteiger partial charge is 0.482 e. The number of carbonyl (C=O) groups excluding carboxylic acids is 2. The van der Waals surface area contributed by atoms with E-state index in [2.05, 4.69) is 0 Å². The van der Waals surface area contributed by atoms with Crippen molar-refractivity contribution in [2.24, 2.45) is 5.73 Å². The van der Waals surface area contributed by atoms with Crippen LogP contribution in [-0.4, -0.2) is 36.2 Å². The molecule has 0 saturated carbocycles. The highest BCUT2D eigenvalue weighted by Gasteiger charge is 2.33. The number of fused-ring (bicyclic) bond motifs is 1. The minimum absolute atomic E-state index is 0.226. The van der Waals surface area contributed by atoms with Gasteiger partial charge in [-0.05, 0) is 18.2 Å². The van der Waals surface area contributed by atoms with Crippen molar-refractivity contribution in [2.75, 3.05) is 23.8 Å². The quantitative estimate of drug-likeness (QED) is 0.570. The fraction of sp³-hybridized carbons (Fsp3) is 0.273. The predicted molar refractivity (Wildman–Crippen MR) is 63.9 cm³/mol. The van der Waals surface area contributed by atoms with E-state index in [1.807, 2.05) is 0 Å². The number of hydrogen-bond acceptors (Lipinski definition) is 6. The molecule has 18 heavy (non-hydrogen) atoms. The van der Waals surface area contributed by atoms with E-state index in [4.69, 9.17) is 16.2 Å². The molecule has 0 saturated heterocycles. The SMILES string of the molecule is NCC(O)C(=O)N1C(=O)COc2ccc(N)cc21. The minimum Gasteiger partial charge on any atom is -0.482 e. The molecule has 1 aromatic carbocycles. The van der Waals surface area contributed by atoms with E-state index in [9.17, 15) is 14.7 Å². The second kappa shape index (κ2) is 4.63. The first kappa shape index (κ1) is 12.3. The smallest absolute Gasteiger partial charge is 0.271 e. The van der Waals surface area contributed by atoms with Gasteiger partial charge in [-0.15, -0.1) is 0 Å². The maximum absolute atomic E-state index is 11.9. The molecule has 2 amide bonds. The summed E-state index contributed by atoms with van der Waals surface area (Å²) in [5.41, 5.74) is 11.4. The number of nitrogens with two attached hydrogens (primary N) is 2. The van der Waals surface area contributed by atoms with Crippen LogP contribution in [0.25, 0.3) is 0 Å². The molecule has 0 aromatic heterocycles. The normalized spacial score (nSPS) is 15.9. The molecule has 1 aromatic rings.